The number of carbonyl (C=O) groups excluding carboxylic acids is 1. The molecule has 1 aromatic rings. The summed E-state index contributed by atoms with van der Waals surface area (Å²) in [4.78, 5) is 16.1. The molecule has 0 bridgehead atoms. The van der Waals surface area contributed by atoms with Gasteiger partial charge in [-0.3, -0.25) is 4.79 Å². The summed E-state index contributed by atoms with van der Waals surface area (Å²) in [6.45, 7) is 6.91. The lowest BCUT2D eigenvalue weighted by molar-refractivity contribution is -0.111. The lowest BCUT2D eigenvalue weighted by Crippen LogP contribution is -2.62. The monoisotopic (exact) mass is 263 g/mol. The average Bonchev–Trinajstić information content (AvgIpc) is 2.38. The number of carbonyl (C=O) groups is 1. The summed E-state index contributed by atoms with van der Waals surface area (Å²) in [5.41, 5.74) is 6.45. The zero-order valence-corrected chi connectivity index (χ0v) is 11.6. The van der Waals surface area contributed by atoms with Crippen LogP contribution < -0.4 is 11.1 Å². The minimum atomic E-state index is -0.159. The highest BCUT2D eigenvalue weighted by Crippen LogP contribution is 2.42. The molecule has 2 atom stereocenters. The number of nitrogens with one attached hydrogen (secondary N) is 1. The Labute approximate surface area is 113 Å². The first-order valence-electron chi connectivity index (χ1n) is 6.59. The maximum atomic E-state index is 12.1. The Kier molecular flexibility index (Phi) is 3.75. The summed E-state index contributed by atoms with van der Waals surface area (Å²) in [6.07, 6.45) is 2.55. The number of nitrogens with zero attached hydrogens (tertiary/aromatic N) is 1. The molecule has 3 N–H and O–H groups in total. The number of anilines is 1. The van der Waals surface area contributed by atoms with Gasteiger partial charge in [-0.15, -0.1) is 0 Å². The van der Waals surface area contributed by atoms with E-state index < -0.39 is 0 Å². The molecule has 0 spiro atoms. The van der Waals surface area contributed by atoms with Gasteiger partial charge >= 0.3 is 0 Å². The third kappa shape index (κ3) is 2.71. The predicted molar refractivity (Wildman–Crippen MR) is 73.7 cm³/mol. The second kappa shape index (κ2) is 5.17. The molecule has 0 radical (unpaired) electrons. The minimum Gasteiger partial charge on any atom is -0.397 e. The van der Waals surface area contributed by atoms with Crippen LogP contribution in [0.25, 0.3) is 0 Å². The quantitative estimate of drug-likeness (QED) is 0.865. The molecule has 1 aliphatic rings. The Morgan fingerprint density at radius 3 is 2.84 bits per heavy atom. The number of nitrogen functional groups attached to an aromatic ring is 1. The summed E-state index contributed by atoms with van der Waals surface area (Å²) < 4.78 is 5.64. The molecule has 0 aliphatic heterocycles. The number of pyridine rings is 1. The van der Waals surface area contributed by atoms with E-state index in [4.69, 9.17) is 10.5 Å². The molecular weight excluding hydrogens is 242 g/mol. The van der Waals surface area contributed by atoms with Gasteiger partial charge in [-0.1, -0.05) is 13.8 Å². The molecule has 1 fully saturated rings. The van der Waals surface area contributed by atoms with Crippen molar-refractivity contribution < 1.29 is 9.53 Å². The summed E-state index contributed by atoms with van der Waals surface area (Å²) in [5.74, 6) is -0.159. The van der Waals surface area contributed by atoms with Gasteiger partial charge in [0.05, 0.1) is 18.0 Å². The van der Waals surface area contributed by atoms with Gasteiger partial charge in [0.25, 0.3) is 5.91 Å². The van der Waals surface area contributed by atoms with Gasteiger partial charge in [-0.25, -0.2) is 4.98 Å². The van der Waals surface area contributed by atoms with Crippen LogP contribution in [0.4, 0.5) is 5.69 Å². The first-order valence-corrected chi connectivity index (χ1v) is 6.59. The first-order chi connectivity index (χ1) is 8.95. The number of hydrogen-bond donors (Lipinski definition) is 2. The second-order valence-corrected chi connectivity index (χ2v) is 5.50. The number of nitrogens with two attached hydrogens (primary N) is 1. The molecule has 5 nitrogen and oxygen atoms in total. The predicted octanol–water partition coefficient (Wildman–Crippen LogP) is 1.60. The first kappa shape index (κ1) is 13.8. The summed E-state index contributed by atoms with van der Waals surface area (Å²) in [6, 6.07) is 3.43. The van der Waals surface area contributed by atoms with Crippen LogP contribution in [0.15, 0.2) is 18.3 Å². The molecule has 0 aromatic carbocycles. The number of aromatic nitrogens is 1. The number of ether oxygens (including phenoxy) is 1. The fraction of sp³-hybridized carbons (Fsp3) is 0.571. The lowest BCUT2D eigenvalue weighted by Gasteiger charge is -2.51. The van der Waals surface area contributed by atoms with Crippen molar-refractivity contribution in [2.45, 2.75) is 39.3 Å². The van der Waals surface area contributed by atoms with Crippen LogP contribution in [0.2, 0.25) is 0 Å². The van der Waals surface area contributed by atoms with Crippen LogP contribution in [0, 0.1) is 5.41 Å². The van der Waals surface area contributed by atoms with Crippen molar-refractivity contribution in [1.82, 2.24) is 10.3 Å². The Morgan fingerprint density at radius 2 is 2.32 bits per heavy atom. The highest BCUT2D eigenvalue weighted by atomic mass is 16.5. The van der Waals surface area contributed by atoms with Crippen molar-refractivity contribution in [3.8, 4) is 0 Å². The van der Waals surface area contributed by atoms with Crippen molar-refractivity contribution in [3.05, 3.63) is 24.0 Å². The van der Waals surface area contributed by atoms with Gasteiger partial charge < -0.3 is 15.8 Å². The normalized spacial score (nSPS) is 24.6. The maximum absolute atomic E-state index is 12.1. The molecule has 2 rings (SSSR count). The summed E-state index contributed by atoms with van der Waals surface area (Å²) in [7, 11) is 0. The lowest BCUT2D eigenvalue weighted by atomic mass is 9.64. The number of rotatable bonds is 4. The van der Waals surface area contributed by atoms with Gasteiger partial charge in [-0.05, 0) is 25.5 Å². The van der Waals surface area contributed by atoms with Gasteiger partial charge in [0.15, 0.2) is 0 Å². The molecule has 1 heterocycles. The molecule has 104 valence electrons. The van der Waals surface area contributed by atoms with Crippen LogP contribution >= 0.6 is 0 Å². The van der Waals surface area contributed by atoms with Gasteiger partial charge in [0.2, 0.25) is 0 Å². The van der Waals surface area contributed by atoms with E-state index in [0.717, 1.165) is 6.42 Å². The van der Waals surface area contributed by atoms with E-state index in [1.54, 1.807) is 12.1 Å². The van der Waals surface area contributed by atoms with Crippen LogP contribution in [0.1, 0.15) is 37.7 Å². The second-order valence-electron chi connectivity index (χ2n) is 5.50. The minimum absolute atomic E-state index is 0.0422. The topological polar surface area (TPSA) is 77.2 Å². The molecule has 1 aromatic heterocycles. The molecule has 1 saturated carbocycles. The zero-order chi connectivity index (χ0) is 14.0. The van der Waals surface area contributed by atoms with E-state index in [-0.39, 0.29) is 23.5 Å². The Balaban J connectivity index is 1.96. The Bertz CT molecular complexity index is 456. The summed E-state index contributed by atoms with van der Waals surface area (Å²) >= 11 is 0. The van der Waals surface area contributed by atoms with Gasteiger partial charge in [0, 0.05) is 18.1 Å². The van der Waals surface area contributed by atoms with Crippen LogP contribution in [-0.2, 0) is 4.74 Å². The smallest absolute Gasteiger partial charge is 0.270 e. The van der Waals surface area contributed by atoms with Crippen LogP contribution in [0.3, 0.4) is 0 Å². The van der Waals surface area contributed by atoms with Crippen LogP contribution in [0.5, 0.6) is 0 Å². The van der Waals surface area contributed by atoms with E-state index in [0.29, 0.717) is 18.0 Å². The van der Waals surface area contributed by atoms with Gasteiger partial charge in [0.1, 0.15) is 5.69 Å². The van der Waals surface area contributed by atoms with Crippen LogP contribution in [-0.4, -0.2) is 29.6 Å². The molecular formula is C14H21N3O2. The highest BCUT2D eigenvalue weighted by Gasteiger charge is 2.49. The van der Waals surface area contributed by atoms with Crippen molar-refractivity contribution in [2.75, 3.05) is 12.3 Å². The van der Waals surface area contributed by atoms with Gasteiger partial charge in [-0.2, -0.15) is 0 Å². The Morgan fingerprint density at radius 1 is 1.58 bits per heavy atom. The molecule has 2 unspecified atom stereocenters. The largest absolute Gasteiger partial charge is 0.397 e. The molecule has 1 amide bonds. The molecule has 19 heavy (non-hydrogen) atoms. The SMILES string of the molecule is CCOC1CC(NC(=O)c2ccc(N)cn2)C1(C)C. The molecule has 0 saturated heterocycles. The average molecular weight is 263 g/mol. The summed E-state index contributed by atoms with van der Waals surface area (Å²) in [5, 5.41) is 3.01. The van der Waals surface area contributed by atoms with E-state index in [1.165, 1.54) is 6.20 Å². The van der Waals surface area contributed by atoms with E-state index in [1.807, 2.05) is 6.92 Å². The Hall–Kier alpha value is -1.62. The molecule has 5 heteroatoms. The van der Waals surface area contributed by atoms with E-state index in [9.17, 15) is 4.79 Å². The van der Waals surface area contributed by atoms with Crippen molar-refractivity contribution in [3.63, 3.8) is 0 Å². The fourth-order valence-electron chi connectivity index (χ4n) is 2.39. The van der Waals surface area contributed by atoms with E-state index >= 15 is 0 Å². The number of hydrogen-bond acceptors (Lipinski definition) is 4. The van der Waals surface area contributed by atoms with Crippen molar-refractivity contribution in [1.29, 1.82) is 0 Å². The third-order valence-corrected chi connectivity index (χ3v) is 3.87. The zero-order valence-electron chi connectivity index (χ0n) is 11.6. The molecule has 1 aliphatic carbocycles. The number of amides is 1. The highest BCUT2D eigenvalue weighted by molar-refractivity contribution is 5.92. The maximum Gasteiger partial charge on any atom is 0.270 e. The fourth-order valence-corrected chi connectivity index (χ4v) is 2.39. The standard InChI is InChI=1S/C14H21N3O2/c1-4-19-12-7-11(14(12,2)3)17-13(18)10-6-5-9(15)8-16-10/h5-6,8,11-12H,4,7,15H2,1-3H3,(H,17,18). The van der Waals surface area contributed by atoms with Crippen molar-refractivity contribution >= 4 is 11.6 Å². The third-order valence-electron chi connectivity index (χ3n) is 3.87. The van der Waals surface area contributed by atoms with Crippen molar-refractivity contribution in [2.24, 2.45) is 5.41 Å². The van der Waals surface area contributed by atoms with E-state index in [2.05, 4.69) is 24.1 Å².